The molecule has 4 rings (SSSR count). The van der Waals surface area contributed by atoms with Crippen molar-refractivity contribution in [1.29, 1.82) is 0 Å². The van der Waals surface area contributed by atoms with Crippen LogP contribution in [-0.2, 0) is 0 Å². The van der Waals surface area contributed by atoms with Crippen molar-refractivity contribution in [2.45, 2.75) is 6.10 Å². The van der Waals surface area contributed by atoms with Crippen LogP contribution in [0.15, 0.2) is 76.8 Å². The lowest BCUT2D eigenvalue weighted by molar-refractivity contribution is 0.0963. The minimum absolute atomic E-state index is 0.0292. The monoisotopic (exact) mass is 436 g/mol. The third-order valence-electron chi connectivity index (χ3n) is 4.61. The minimum Gasteiger partial charge on any atom is -0.508 e. The molecular weight excluding hydrogens is 420 g/mol. The average Bonchev–Trinajstić information content (AvgIpc) is 2.71. The van der Waals surface area contributed by atoms with Gasteiger partial charge in [-0.2, -0.15) is 0 Å². The van der Waals surface area contributed by atoms with E-state index in [1.165, 1.54) is 12.1 Å². The number of halogens is 1. The van der Waals surface area contributed by atoms with Crippen LogP contribution in [0.1, 0.15) is 27.6 Å². The van der Waals surface area contributed by atoms with Crippen molar-refractivity contribution in [1.82, 2.24) is 0 Å². The molecule has 1 aliphatic heterocycles. The summed E-state index contributed by atoms with van der Waals surface area (Å²) in [4.78, 5) is 13.3. The predicted octanol–water partition coefficient (Wildman–Crippen LogP) is 5.56. The third-order valence-corrected chi connectivity index (χ3v) is 5.14. The summed E-state index contributed by atoms with van der Waals surface area (Å²) >= 11 is 3.44. The molecule has 0 fully saturated rings. The van der Waals surface area contributed by atoms with Crippen LogP contribution in [-0.4, -0.2) is 18.0 Å². The number of Topliss-reactive ketones (excluding diaryl/α,β-unsaturated/α-hetero) is 1. The predicted molar refractivity (Wildman–Crippen MR) is 111 cm³/mol. The van der Waals surface area contributed by atoms with Crippen LogP contribution in [0.2, 0.25) is 0 Å². The zero-order valence-electron chi connectivity index (χ0n) is 15.1. The summed E-state index contributed by atoms with van der Waals surface area (Å²) in [5, 5.41) is 9.81. The standard InChI is InChI=1S/C23H17BrO4/c1-27-18-9-2-14(3-10-18)12-20-22(26)19-13-17(25)8-11-21(19)28-23(20)15-4-6-16(24)7-5-15/h2-13,23,25H,1H3. The first-order valence-electron chi connectivity index (χ1n) is 8.70. The molecule has 5 heteroatoms. The van der Waals surface area contributed by atoms with Crippen LogP contribution in [0.3, 0.4) is 0 Å². The Morgan fingerprint density at radius 3 is 2.43 bits per heavy atom. The van der Waals surface area contributed by atoms with Crippen LogP contribution in [0, 0.1) is 0 Å². The van der Waals surface area contributed by atoms with Crippen molar-refractivity contribution in [2.24, 2.45) is 0 Å². The molecule has 3 aromatic carbocycles. The van der Waals surface area contributed by atoms with E-state index < -0.39 is 6.10 Å². The van der Waals surface area contributed by atoms with Crippen molar-refractivity contribution in [3.05, 3.63) is 93.5 Å². The van der Waals surface area contributed by atoms with E-state index in [2.05, 4.69) is 15.9 Å². The van der Waals surface area contributed by atoms with Gasteiger partial charge in [-0.25, -0.2) is 0 Å². The normalized spacial score (nSPS) is 17.1. The molecule has 0 radical (unpaired) electrons. The molecule has 1 N–H and O–H groups in total. The van der Waals surface area contributed by atoms with Gasteiger partial charge in [-0.3, -0.25) is 4.79 Å². The highest BCUT2D eigenvalue weighted by atomic mass is 79.9. The quantitative estimate of drug-likeness (QED) is 0.545. The SMILES string of the molecule is COc1ccc(C=C2C(=O)c3cc(O)ccc3OC2c2ccc(Br)cc2)cc1. The fourth-order valence-corrected chi connectivity index (χ4v) is 3.43. The summed E-state index contributed by atoms with van der Waals surface area (Å²) in [6.07, 6.45) is 1.28. The first kappa shape index (κ1) is 18.3. The number of aromatic hydroxyl groups is 1. The van der Waals surface area contributed by atoms with E-state index in [0.29, 0.717) is 16.9 Å². The Morgan fingerprint density at radius 1 is 1.04 bits per heavy atom. The van der Waals surface area contributed by atoms with Crippen LogP contribution in [0.4, 0.5) is 0 Å². The molecule has 1 unspecified atom stereocenters. The number of ether oxygens (including phenoxy) is 2. The first-order valence-corrected chi connectivity index (χ1v) is 9.50. The molecule has 0 aliphatic carbocycles. The van der Waals surface area contributed by atoms with Crippen molar-refractivity contribution in [3.63, 3.8) is 0 Å². The van der Waals surface area contributed by atoms with Crippen LogP contribution < -0.4 is 9.47 Å². The van der Waals surface area contributed by atoms with Crippen LogP contribution in [0.25, 0.3) is 6.08 Å². The van der Waals surface area contributed by atoms with E-state index in [0.717, 1.165) is 21.3 Å². The Labute approximate surface area is 171 Å². The number of hydrogen-bond acceptors (Lipinski definition) is 4. The molecule has 1 atom stereocenters. The number of phenols is 1. The van der Waals surface area contributed by atoms with Crippen molar-refractivity contribution in [3.8, 4) is 17.2 Å². The number of benzene rings is 3. The van der Waals surface area contributed by atoms with E-state index in [-0.39, 0.29) is 11.5 Å². The molecule has 0 amide bonds. The molecule has 0 saturated carbocycles. The summed E-state index contributed by atoms with van der Waals surface area (Å²) in [6, 6.07) is 19.7. The summed E-state index contributed by atoms with van der Waals surface area (Å²) < 4.78 is 12.3. The Morgan fingerprint density at radius 2 is 1.75 bits per heavy atom. The maximum Gasteiger partial charge on any atom is 0.196 e. The highest BCUT2D eigenvalue weighted by Crippen LogP contribution is 2.40. The molecule has 28 heavy (non-hydrogen) atoms. The molecular formula is C23H17BrO4. The summed E-state index contributed by atoms with van der Waals surface area (Å²) in [5.41, 5.74) is 2.59. The lowest BCUT2D eigenvalue weighted by atomic mass is 9.89. The number of carbonyl (C=O) groups is 1. The van der Waals surface area contributed by atoms with Gasteiger partial charge in [0.1, 0.15) is 17.2 Å². The van der Waals surface area contributed by atoms with E-state index in [4.69, 9.17) is 9.47 Å². The molecule has 140 valence electrons. The molecule has 3 aromatic rings. The summed E-state index contributed by atoms with van der Waals surface area (Å²) in [5.74, 6) is 1.07. The lowest BCUT2D eigenvalue weighted by Crippen LogP contribution is -2.23. The van der Waals surface area contributed by atoms with Crippen molar-refractivity contribution in [2.75, 3.05) is 7.11 Å². The van der Waals surface area contributed by atoms with E-state index in [9.17, 15) is 9.90 Å². The van der Waals surface area contributed by atoms with E-state index in [1.807, 2.05) is 54.6 Å². The van der Waals surface area contributed by atoms with Gasteiger partial charge in [-0.05, 0) is 59.7 Å². The number of hydrogen-bond donors (Lipinski definition) is 1. The number of methoxy groups -OCH3 is 1. The van der Waals surface area contributed by atoms with Crippen LogP contribution >= 0.6 is 15.9 Å². The zero-order chi connectivity index (χ0) is 19.7. The molecule has 0 spiro atoms. The summed E-state index contributed by atoms with van der Waals surface area (Å²) in [6.45, 7) is 0. The van der Waals surface area contributed by atoms with E-state index >= 15 is 0 Å². The van der Waals surface area contributed by atoms with Crippen molar-refractivity contribution >= 4 is 27.8 Å². The van der Waals surface area contributed by atoms with Gasteiger partial charge in [0, 0.05) is 10.0 Å². The number of phenolic OH excluding ortho intramolecular Hbond substituents is 1. The number of fused-ring (bicyclic) bond motifs is 1. The fraction of sp³-hybridized carbons (Fsp3) is 0.0870. The molecule has 1 aliphatic rings. The summed E-state index contributed by atoms with van der Waals surface area (Å²) in [7, 11) is 1.61. The van der Waals surface area contributed by atoms with Gasteiger partial charge < -0.3 is 14.6 Å². The Balaban J connectivity index is 1.83. The highest BCUT2D eigenvalue weighted by Gasteiger charge is 2.33. The lowest BCUT2D eigenvalue weighted by Gasteiger charge is -2.28. The van der Waals surface area contributed by atoms with Crippen LogP contribution in [0.5, 0.6) is 17.2 Å². The maximum absolute atomic E-state index is 13.3. The molecule has 0 bridgehead atoms. The second-order valence-electron chi connectivity index (χ2n) is 6.43. The maximum atomic E-state index is 13.3. The van der Waals surface area contributed by atoms with Gasteiger partial charge in [-0.1, -0.05) is 40.2 Å². The minimum atomic E-state index is -0.542. The second-order valence-corrected chi connectivity index (χ2v) is 7.35. The van der Waals surface area contributed by atoms with Gasteiger partial charge in [0.2, 0.25) is 0 Å². The third kappa shape index (κ3) is 3.53. The Kier molecular flexibility index (Phi) is 4.92. The van der Waals surface area contributed by atoms with Gasteiger partial charge in [0.05, 0.1) is 12.7 Å². The van der Waals surface area contributed by atoms with Crippen molar-refractivity contribution < 1.29 is 19.4 Å². The van der Waals surface area contributed by atoms with Gasteiger partial charge in [0.25, 0.3) is 0 Å². The van der Waals surface area contributed by atoms with Gasteiger partial charge in [0.15, 0.2) is 11.9 Å². The fourth-order valence-electron chi connectivity index (χ4n) is 3.17. The molecule has 0 saturated heterocycles. The smallest absolute Gasteiger partial charge is 0.196 e. The largest absolute Gasteiger partial charge is 0.508 e. The molecule has 0 aromatic heterocycles. The number of rotatable bonds is 3. The molecule has 1 heterocycles. The first-order chi connectivity index (χ1) is 13.5. The highest BCUT2D eigenvalue weighted by molar-refractivity contribution is 9.10. The zero-order valence-corrected chi connectivity index (χ0v) is 16.6. The van der Waals surface area contributed by atoms with Gasteiger partial charge >= 0.3 is 0 Å². The van der Waals surface area contributed by atoms with E-state index in [1.54, 1.807) is 13.2 Å². The second kappa shape index (κ2) is 7.52. The van der Waals surface area contributed by atoms with Gasteiger partial charge in [-0.15, -0.1) is 0 Å². The Hall–Kier alpha value is -3.05. The Bertz CT molecular complexity index is 1050. The topological polar surface area (TPSA) is 55.8 Å². The number of ketones is 1. The number of carbonyl (C=O) groups excluding carboxylic acids is 1. The molecule has 4 nitrogen and oxygen atoms in total. The average molecular weight is 437 g/mol.